The van der Waals surface area contributed by atoms with Crippen LogP contribution >= 0.6 is 11.8 Å². The highest BCUT2D eigenvalue weighted by molar-refractivity contribution is 8.00. The lowest BCUT2D eigenvalue weighted by molar-refractivity contribution is 0.233. The van der Waals surface area contributed by atoms with Gasteiger partial charge in [0.15, 0.2) is 0 Å². The summed E-state index contributed by atoms with van der Waals surface area (Å²) in [5.74, 6) is 0.830. The predicted octanol–water partition coefficient (Wildman–Crippen LogP) is 4.20. The van der Waals surface area contributed by atoms with Crippen LogP contribution in [0.5, 0.6) is 0 Å². The Labute approximate surface area is 147 Å². The molecule has 1 heterocycles. The van der Waals surface area contributed by atoms with Gasteiger partial charge in [-0.05, 0) is 38.4 Å². The number of para-hydroxylation sites is 1. The lowest BCUT2D eigenvalue weighted by Gasteiger charge is -2.22. The van der Waals surface area contributed by atoms with Gasteiger partial charge in [-0.3, -0.25) is 4.90 Å². The number of nitrogens with zero attached hydrogens (tertiary/aromatic N) is 1. The van der Waals surface area contributed by atoms with Crippen LogP contribution < -0.4 is 10.6 Å². The van der Waals surface area contributed by atoms with E-state index in [2.05, 4.69) is 24.5 Å². The van der Waals surface area contributed by atoms with E-state index in [4.69, 9.17) is 4.42 Å². The molecule has 24 heavy (non-hydrogen) atoms. The number of carbonyl (C=O) groups excluding carboxylic acids is 1. The second-order valence-corrected chi connectivity index (χ2v) is 7.61. The summed E-state index contributed by atoms with van der Waals surface area (Å²) in [7, 11) is 3.92. The van der Waals surface area contributed by atoms with Crippen LogP contribution in [0, 0.1) is 0 Å². The zero-order valence-corrected chi connectivity index (χ0v) is 15.4. The number of furan rings is 1. The van der Waals surface area contributed by atoms with E-state index in [0.29, 0.717) is 11.8 Å². The lowest BCUT2D eigenvalue weighted by atomic mass is 10.2. The summed E-state index contributed by atoms with van der Waals surface area (Å²) in [6.45, 7) is 4.73. The van der Waals surface area contributed by atoms with Gasteiger partial charge in [0.25, 0.3) is 0 Å². The molecule has 2 amide bonds. The summed E-state index contributed by atoms with van der Waals surface area (Å²) in [6, 6.07) is 11.4. The van der Waals surface area contributed by atoms with Gasteiger partial charge in [0.2, 0.25) is 0 Å². The van der Waals surface area contributed by atoms with Crippen molar-refractivity contribution in [3.05, 3.63) is 48.4 Å². The average Bonchev–Trinajstić information content (AvgIpc) is 3.02. The van der Waals surface area contributed by atoms with E-state index in [1.165, 1.54) is 0 Å². The minimum atomic E-state index is -0.217. The number of carbonyl (C=O) groups is 1. The van der Waals surface area contributed by atoms with E-state index in [1.54, 1.807) is 18.0 Å². The maximum Gasteiger partial charge on any atom is 0.319 e. The third kappa shape index (κ3) is 5.32. The number of amides is 2. The fraction of sp³-hybridized carbons (Fsp3) is 0.389. The molecule has 1 aromatic heterocycles. The molecule has 2 aromatic rings. The average molecular weight is 347 g/mol. The first-order valence-corrected chi connectivity index (χ1v) is 8.85. The van der Waals surface area contributed by atoms with Crippen molar-refractivity contribution in [3.8, 4) is 0 Å². The number of urea groups is 1. The summed E-state index contributed by atoms with van der Waals surface area (Å²) in [5, 5.41) is 6.31. The van der Waals surface area contributed by atoms with Gasteiger partial charge in [-0.25, -0.2) is 4.79 Å². The van der Waals surface area contributed by atoms with Crippen LogP contribution in [0.25, 0.3) is 0 Å². The molecule has 1 atom stereocenters. The van der Waals surface area contributed by atoms with E-state index in [9.17, 15) is 4.79 Å². The zero-order chi connectivity index (χ0) is 17.5. The number of hydrogen-bond acceptors (Lipinski definition) is 4. The molecule has 0 radical (unpaired) electrons. The maximum atomic E-state index is 12.3. The van der Waals surface area contributed by atoms with Crippen molar-refractivity contribution in [1.82, 2.24) is 10.2 Å². The summed E-state index contributed by atoms with van der Waals surface area (Å²) >= 11 is 1.73. The van der Waals surface area contributed by atoms with Crippen molar-refractivity contribution in [2.45, 2.75) is 30.0 Å². The molecule has 0 aliphatic heterocycles. The van der Waals surface area contributed by atoms with E-state index in [0.717, 1.165) is 16.3 Å². The fourth-order valence-corrected chi connectivity index (χ4v) is 3.21. The van der Waals surface area contributed by atoms with Crippen molar-refractivity contribution in [3.63, 3.8) is 0 Å². The van der Waals surface area contributed by atoms with Gasteiger partial charge >= 0.3 is 6.03 Å². The van der Waals surface area contributed by atoms with Crippen molar-refractivity contribution in [2.24, 2.45) is 0 Å². The molecule has 0 saturated heterocycles. The molecule has 0 spiro atoms. The van der Waals surface area contributed by atoms with E-state index < -0.39 is 0 Å². The number of nitrogens with one attached hydrogen (secondary N) is 2. The van der Waals surface area contributed by atoms with Gasteiger partial charge in [-0.2, -0.15) is 0 Å². The second-order valence-electron chi connectivity index (χ2n) is 5.99. The van der Waals surface area contributed by atoms with Gasteiger partial charge < -0.3 is 15.1 Å². The Morgan fingerprint density at radius 3 is 2.58 bits per heavy atom. The third-order valence-corrected chi connectivity index (χ3v) is 4.53. The molecule has 0 aliphatic rings. The summed E-state index contributed by atoms with van der Waals surface area (Å²) in [4.78, 5) is 15.3. The van der Waals surface area contributed by atoms with Crippen LogP contribution in [0.3, 0.4) is 0 Å². The normalized spacial score (nSPS) is 12.4. The van der Waals surface area contributed by atoms with Crippen molar-refractivity contribution < 1.29 is 9.21 Å². The van der Waals surface area contributed by atoms with E-state index >= 15 is 0 Å². The van der Waals surface area contributed by atoms with Crippen LogP contribution in [0.1, 0.15) is 25.6 Å². The molecule has 0 fully saturated rings. The first kappa shape index (κ1) is 18.4. The van der Waals surface area contributed by atoms with Crippen LogP contribution in [0.15, 0.2) is 52.0 Å². The fourth-order valence-electron chi connectivity index (χ4n) is 2.30. The summed E-state index contributed by atoms with van der Waals surface area (Å²) in [5.41, 5.74) is 0.827. The number of hydrogen-bond donors (Lipinski definition) is 2. The van der Waals surface area contributed by atoms with Crippen LogP contribution in [-0.2, 0) is 0 Å². The maximum absolute atomic E-state index is 12.3. The third-order valence-electron chi connectivity index (χ3n) is 3.45. The van der Waals surface area contributed by atoms with Gasteiger partial charge in [-0.15, -0.1) is 11.8 Å². The summed E-state index contributed by atoms with van der Waals surface area (Å²) < 4.78 is 5.45. The standard InChI is InChI=1S/C18H25N3O2S/c1-13(2)24-17-10-6-5-8-14(17)20-18(22)19-12-15(21(3)4)16-9-7-11-23-16/h5-11,13,15H,12H2,1-4H3,(H2,19,20,22)/t15-/m0/s1. The van der Waals surface area contributed by atoms with Crippen LogP contribution in [0.2, 0.25) is 0 Å². The molecule has 6 heteroatoms. The first-order chi connectivity index (χ1) is 11.5. The van der Waals surface area contributed by atoms with E-state index in [1.807, 2.05) is 55.4 Å². The SMILES string of the molecule is CC(C)Sc1ccccc1NC(=O)NC[C@@H](c1ccco1)N(C)C. The van der Waals surface area contributed by atoms with Gasteiger partial charge in [-0.1, -0.05) is 26.0 Å². The zero-order valence-electron chi connectivity index (χ0n) is 14.6. The molecule has 0 unspecified atom stereocenters. The Hall–Kier alpha value is -1.92. The number of benzene rings is 1. The summed E-state index contributed by atoms with van der Waals surface area (Å²) in [6.07, 6.45) is 1.64. The van der Waals surface area contributed by atoms with Gasteiger partial charge in [0.05, 0.1) is 18.0 Å². The van der Waals surface area contributed by atoms with Crippen LogP contribution in [0.4, 0.5) is 10.5 Å². The largest absolute Gasteiger partial charge is 0.468 e. The van der Waals surface area contributed by atoms with Crippen molar-refractivity contribution in [2.75, 3.05) is 26.0 Å². The molecule has 2 N–H and O–H groups in total. The minimum absolute atomic E-state index is 0.00830. The predicted molar refractivity (Wildman–Crippen MR) is 99.6 cm³/mol. The molecule has 130 valence electrons. The molecule has 0 saturated carbocycles. The monoisotopic (exact) mass is 347 g/mol. The number of anilines is 1. The number of likely N-dealkylation sites (N-methyl/N-ethyl adjacent to an activating group) is 1. The molecule has 1 aromatic carbocycles. The second kappa shape index (κ2) is 8.80. The molecular formula is C18H25N3O2S. The van der Waals surface area contributed by atoms with Gasteiger partial charge in [0.1, 0.15) is 5.76 Å². The van der Waals surface area contributed by atoms with E-state index in [-0.39, 0.29) is 12.1 Å². The number of rotatable bonds is 7. The first-order valence-electron chi connectivity index (χ1n) is 7.97. The minimum Gasteiger partial charge on any atom is -0.468 e. The Morgan fingerprint density at radius 1 is 1.21 bits per heavy atom. The smallest absolute Gasteiger partial charge is 0.319 e. The molecule has 0 aliphatic carbocycles. The highest BCUT2D eigenvalue weighted by Gasteiger charge is 2.18. The molecule has 0 bridgehead atoms. The van der Waals surface area contributed by atoms with Crippen molar-refractivity contribution in [1.29, 1.82) is 0 Å². The van der Waals surface area contributed by atoms with Gasteiger partial charge in [0, 0.05) is 16.7 Å². The Bertz CT molecular complexity index is 641. The Balaban J connectivity index is 1.96. The quantitative estimate of drug-likeness (QED) is 0.737. The Kier molecular flexibility index (Phi) is 6.75. The number of thioether (sulfide) groups is 1. The van der Waals surface area contributed by atoms with Crippen LogP contribution in [-0.4, -0.2) is 36.8 Å². The highest BCUT2D eigenvalue weighted by Crippen LogP contribution is 2.30. The lowest BCUT2D eigenvalue weighted by Crippen LogP contribution is -2.36. The Morgan fingerprint density at radius 2 is 1.96 bits per heavy atom. The van der Waals surface area contributed by atoms with Crippen molar-refractivity contribution >= 4 is 23.5 Å². The molecule has 2 rings (SSSR count). The molecule has 5 nitrogen and oxygen atoms in total. The highest BCUT2D eigenvalue weighted by atomic mass is 32.2. The molecular weight excluding hydrogens is 322 g/mol. The topological polar surface area (TPSA) is 57.5 Å².